The second kappa shape index (κ2) is 6.24. The van der Waals surface area contributed by atoms with Gasteiger partial charge in [-0.3, -0.25) is 4.68 Å². The fraction of sp³-hybridized carbons (Fsp3) is 0.316. The van der Waals surface area contributed by atoms with Crippen molar-refractivity contribution >= 4 is 28.3 Å². The summed E-state index contributed by atoms with van der Waals surface area (Å²) in [4.78, 5) is 4.48. The van der Waals surface area contributed by atoms with Gasteiger partial charge in [-0.05, 0) is 43.1 Å². The van der Waals surface area contributed by atoms with Crippen LogP contribution in [0.3, 0.4) is 0 Å². The highest BCUT2D eigenvalue weighted by Gasteiger charge is 2.17. The number of benzene rings is 1. The van der Waals surface area contributed by atoms with Crippen LogP contribution in [0.25, 0.3) is 27.7 Å². The van der Waals surface area contributed by atoms with Crippen LogP contribution in [0, 0.1) is 0 Å². The average Bonchev–Trinajstić information content (AvgIpc) is 3.25. The van der Waals surface area contributed by atoms with Gasteiger partial charge < -0.3 is 16.4 Å². The highest BCUT2D eigenvalue weighted by atomic mass is 15.4. The van der Waals surface area contributed by atoms with Gasteiger partial charge in [-0.15, -0.1) is 5.10 Å². The number of piperidine rings is 1. The molecule has 1 fully saturated rings. The summed E-state index contributed by atoms with van der Waals surface area (Å²) in [5.41, 5.74) is 9.83. The summed E-state index contributed by atoms with van der Waals surface area (Å²) in [6, 6.07) is 10.8. The number of rotatable bonds is 3. The van der Waals surface area contributed by atoms with Crippen LogP contribution in [0.15, 0.2) is 36.5 Å². The number of nitrogens with zero attached hydrogens (tertiary/aromatic N) is 5. The Kier molecular flexibility index (Phi) is 3.71. The van der Waals surface area contributed by atoms with Crippen LogP contribution < -0.4 is 16.4 Å². The maximum atomic E-state index is 5.94. The maximum absolute atomic E-state index is 5.94. The van der Waals surface area contributed by atoms with E-state index in [0.717, 1.165) is 53.0 Å². The first-order valence-corrected chi connectivity index (χ1v) is 9.24. The molecule has 27 heavy (non-hydrogen) atoms. The third-order valence-electron chi connectivity index (χ3n) is 5.21. The van der Waals surface area contributed by atoms with E-state index in [1.165, 1.54) is 6.42 Å². The van der Waals surface area contributed by atoms with Gasteiger partial charge in [-0.1, -0.05) is 12.1 Å². The fourth-order valence-electron chi connectivity index (χ4n) is 3.81. The van der Waals surface area contributed by atoms with Crippen LogP contribution in [0.5, 0.6) is 0 Å². The summed E-state index contributed by atoms with van der Waals surface area (Å²) in [6.45, 7) is 2.03. The van der Waals surface area contributed by atoms with Crippen LogP contribution in [0.4, 0.5) is 11.8 Å². The molecule has 1 unspecified atom stereocenters. The molecule has 1 aliphatic rings. The molecule has 0 aliphatic carbocycles. The molecule has 1 aliphatic heterocycles. The van der Waals surface area contributed by atoms with Crippen molar-refractivity contribution in [3.63, 3.8) is 0 Å². The number of aryl methyl sites for hydroxylation is 1. The first-order valence-electron chi connectivity index (χ1n) is 9.24. The van der Waals surface area contributed by atoms with Crippen LogP contribution in [0.1, 0.15) is 12.8 Å². The van der Waals surface area contributed by atoms with E-state index in [9.17, 15) is 0 Å². The number of aromatic nitrogens is 5. The smallest absolute Gasteiger partial charge is 0.240 e. The summed E-state index contributed by atoms with van der Waals surface area (Å²) >= 11 is 0. The molecule has 0 saturated carbocycles. The molecule has 138 valence electrons. The van der Waals surface area contributed by atoms with Gasteiger partial charge in [0.1, 0.15) is 5.82 Å². The number of pyridine rings is 1. The lowest BCUT2D eigenvalue weighted by Crippen LogP contribution is -2.38. The molecule has 8 heteroatoms. The molecule has 5 rings (SSSR count). The highest BCUT2D eigenvalue weighted by molar-refractivity contribution is 5.88. The molecule has 1 saturated heterocycles. The second-order valence-corrected chi connectivity index (χ2v) is 7.07. The lowest BCUT2D eigenvalue weighted by atomic mass is 10.0. The van der Waals surface area contributed by atoms with E-state index in [1.54, 1.807) is 0 Å². The number of hydrogen-bond donors (Lipinski definition) is 3. The molecule has 3 aromatic heterocycles. The second-order valence-electron chi connectivity index (χ2n) is 7.07. The lowest BCUT2D eigenvalue weighted by Gasteiger charge is -2.25. The standard InChI is InChI=1S/C19H22N8/c1-26-16-9-12(4-5-13(16)10-22-26)15-6-7-17(23-14-3-2-8-21-11-14)27-18(15)24-19(20)25-27/h4-7,9-10,14,21,23H,2-3,8,11H2,1H3,(H2,20,25). The Bertz CT molecular complexity index is 1120. The number of nitrogen functional groups attached to an aromatic ring is 1. The quantitative estimate of drug-likeness (QED) is 0.516. The fourth-order valence-corrected chi connectivity index (χ4v) is 3.81. The molecule has 0 amide bonds. The maximum Gasteiger partial charge on any atom is 0.240 e. The zero-order valence-electron chi connectivity index (χ0n) is 15.2. The van der Waals surface area contributed by atoms with Gasteiger partial charge in [0.05, 0.1) is 11.7 Å². The molecule has 0 bridgehead atoms. The van der Waals surface area contributed by atoms with Crippen molar-refractivity contribution in [2.24, 2.45) is 7.05 Å². The lowest BCUT2D eigenvalue weighted by molar-refractivity contribution is 0.478. The molecule has 0 radical (unpaired) electrons. The van der Waals surface area contributed by atoms with Crippen LogP contribution in [-0.4, -0.2) is 43.5 Å². The molecule has 1 atom stereocenters. The SMILES string of the molecule is Cn1ncc2ccc(-c3ccc(NC4CCCNC4)n4nc(N)nc34)cc21. The van der Waals surface area contributed by atoms with Crippen molar-refractivity contribution < 1.29 is 0 Å². The number of hydrogen-bond acceptors (Lipinski definition) is 6. The number of nitrogens with one attached hydrogen (secondary N) is 2. The highest BCUT2D eigenvalue weighted by Crippen LogP contribution is 2.29. The minimum Gasteiger partial charge on any atom is -0.366 e. The van der Waals surface area contributed by atoms with Gasteiger partial charge >= 0.3 is 0 Å². The number of anilines is 2. The van der Waals surface area contributed by atoms with Crippen LogP contribution >= 0.6 is 0 Å². The Morgan fingerprint density at radius 1 is 1.26 bits per heavy atom. The van der Waals surface area contributed by atoms with Crippen molar-refractivity contribution in [1.82, 2.24) is 29.7 Å². The molecular weight excluding hydrogens is 340 g/mol. The number of fused-ring (bicyclic) bond motifs is 2. The Hall–Kier alpha value is -3.13. The van der Waals surface area contributed by atoms with Gasteiger partial charge in [0, 0.05) is 30.6 Å². The minimum absolute atomic E-state index is 0.272. The van der Waals surface area contributed by atoms with Crippen molar-refractivity contribution in [2.75, 3.05) is 24.1 Å². The van der Waals surface area contributed by atoms with Crippen molar-refractivity contribution in [2.45, 2.75) is 18.9 Å². The van der Waals surface area contributed by atoms with E-state index in [4.69, 9.17) is 5.73 Å². The Balaban J connectivity index is 1.60. The first-order chi connectivity index (χ1) is 13.2. The average molecular weight is 362 g/mol. The minimum atomic E-state index is 0.272. The summed E-state index contributed by atoms with van der Waals surface area (Å²) < 4.78 is 3.69. The summed E-state index contributed by atoms with van der Waals surface area (Å²) in [5, 5.41) is 16.9. The third kappa shape index (κ3) is 2.78. The van der Waals surface area contributed by atoms with Crippen molar-refractivity contribution in [3.05, 3.63) is 36.5 Å². The van der Waals surface area contributed by atoms with Crippen molar-refractivity contribution in [3.8, 4) is 11.1 Å². The van der Waals surface area contributed by atoms with Crippen molar-refractivity contribution in [1.29, 1.82) is 0 Å². The summed E-state index contributed by atoms with van der Waals surface area (Å²) in [7, 11) is 1.95. The molecule has 8 nitrogen and oxygen atoms in total. The third-order valence-corrected chi connectivity index (χ3v) is 5.21. The zero-order chi connectivity index (χ0) is 18.4. The number of nitrogens with two attached hydrogens (primary N) is 1. The van der Waals surface area contributed by atoms with E-state index < -0.39 is 0 Å². The molecule has 4 heterocycles. The topological polar surface area (TPSA) is 98.1 Å². The Morgan fingerprint density at radius 2 is 2.19 bits per heavy atom. The van der Waals surface area contributed by atoms with Gasteiger partial charge in [0.25, 0.3) is 0 Å². The van der Waals surface area contributed by atoms with E-state index in [2.05, 4.69) is 56.1 Å². The zero-order valence-corrected chi connectivity index (χ0v) is 15.2. The molecule has 4 aromatic rings. The van der Waals surface area contributed by atoms with Crippen LogP contribution in [0.2, 0.25) is 0 Å². The van der Waals surface area contributed by atoms with Gasteiger partial charge in [0.2, 0.25) is 5.95 Å². The normalized spacial score (nSPS) is 17.6. The molecule has 0 spiro atoms. The molecule has 4 N–H and O–H groups in total. The molecular formula is C19H22N8. The first kappa shape index (κ1) is 16.1. The monoisotopic (exact) mass is 362 g/mol. The Labute approximate surface area is 156 Å². The van der Waals surface area contributed by atoms with Gasteiger partial charge in [-0.25, -0.2) is 0 Å². The predicted octanol–water partition coefficient (Wildman–Crippen LogP) is 2.03. The van der Waals surface area contributed by atoms with Gasteiger partial charge in [-0.2, -0.15) is 14.6 Å². The predicted molar refractivity (Wildman–Crippen MR) is 107 cm³/mol. The van der Waals surface area contributed by atoms with Crippen LogP contribution in [-0.2, 0) is 7.05 Å². The summed E-state index contributed by atoms with van der Waals surface area (Å²) in [5.74, 6) is 1.18. The van der Waals surface area contributed by atoms with Gasteiger partial charge in [0.15, 0.2) is 5.65 Å². The van der Waals surface area contributed by atoms with E-state index in [0.29, 0.717) is 6.04 Å². The van der Waals surface area contributed by atoms with E-state index >= 15 is 0 Å². The van der Waals surface area contributed by atoms with E-state index in [-0.39, 0.29) is 5.95 Å². The summed E-state index contributed by atoms with van der Waals surface area (Å²) in [6.07, 6.45) is 4.18. The largest absolute Gasteiger partial charge is 0.366 e. The Morgan fingerprint density at radius 3 is 3.04 bits per heavy atom. The van der Waals surface area contributed by atoms with E-state index in [1.807, 2.05) is 22.4 Å². The molecule has 1 aromatic carbocycles.